The molecule has 0 unspecified atom stereocenters. The summed E-state index contributed by atoms with van der Waals surface area (Å²) < 4.78 is 5.36. The van der Waals surface area contributed by atoms with Gasteiger partial charge in [0.1, 0.15) is 5.00 Å². The van der Waals surface area contributed by atoms with E-state index in [-0.39, 0.29) is 24.5 Å². The summed E-state index contributed by atoms with van der Waals surface area (Å²) in [5, 5.41) is 6.50. The lowest BCUT2D eigenvalue weighted by atomic mass is 9.95. The molecule has 0 atom stereocenters. The lowest BCUT2D eigenvalue weighted by Crippen LogP contribution is -2.28. The Morgan fingerprint density at radius 3 is 2.68 bits per heavy atom. The van der Waals surface area contributed by atoms with E-state index in [1.165, 1.54) is 16.2 Å². The highest BCUT2D eigenvalue weighted by atomic mass is 32.1. The maximum atomic E-state index is 12.4. The Bertz CT molecular complexity index is 552. The summed E-state index contributed by atoms with van der Waals surface area (Å²) in [6, 6.07) is 0. The van der Waals surface area contributed by atoms with Gasteiger partial charge in [-0.05, 0) is 51.6 Å². The van der Waals surface area contributed by atoms with Gasteiger partial charge in [-0.1, -0.05) is 6.92 Å². The molecule has 1 aliphatic carbocycles. The van der Waals surface area contributed by atoms with Crippen LogP contribution in [0.4, 0.5) is 5.00 Å². The van der Waals surface area contributed by atoms with Gasteiger partial charge in [-0.25, -0.2) is 4.79 Å². The molecule has 0 saturated heterocycles. The molecule has 6 heteroatoms. The number of carbonyl (C=O) groups excluding carboxylic acids is 2. The van der Waals surface area contributed by atoms with Crippen LogP contribution in [-0.4, -0.2) is 31.1 Å². The highest BCUT2D eigenvalue weighted by Gasteiger charge is 2.27. The average molecular weight is 324 g/mol. The number of thiophene rings is 1. The van der Waals surface area contributed by atoms with E-state index in [9.17, 15) is 9.59 Å². The molecule has 0 aliphatic heterocycles. The fourth-order valence-corrected chi connectivity index (χ4v) is 3.85. The number of ether oxygens (including phenoxy) is 1. The number of amides is 1. The second kappa shape index (κ2) is 7.74. The third kappa shape index (κ3) is 4.08. The predicted molar refractivity (Wildman–Crippen MR) is 88.7 cm³/mol. The average Bonchev–Trinajstić information content (AvgIpc) is 2.82. The number of anilines is 1. The molecule has 0 fully saturated rings. The summed E-state index contributed by atoms with van der Waals surface area (Å²) in [7, 11) is 0. The summed E-state index contributed by atoms with van der Waals surface area (Å²) >= 11 is 1.52. The largest absolute Gasteiger partial charge is 0.459 e. The van der Waals surface area contributed by atoms with Crippen molar-refractivity contribution in [3.8, 4) is 0 Å². The van der Waals surface area contributed by atoms with Crippen LogP contribution in [0.1, 0.15) is 54.4 Å². The molecule has 2 N–H and O–H groups in total. The Labute approximate surface area is 135 Å². The third-order valence-corrected chi connectivity index (χ3v) is 4.71. The quantitative estimate of drug-likeness (QED) is 0.790. The zero-order valence-corrected chi connectivity index (χ0v) is 14.3. The first kappa shape index (κ1) is 17.0. The molecular weight excluding hydrogens is 300 g/mol. The van der Waals surface area contributed by atoms with Gasteiger partial charge in [0.15, 0.2) is 0 Å². The van der Waals surface area contributed by atoms with Gasteiger partial charge in [-0.2, -0.15) is 0 Å². The van der Waals surface area contributed by atoms with Crippen molar-refractivity contribution in [1.29, 1.82) is 0 Å². The molecule has 0 radical (unpaired) electrons. The normalized spacial score (nSPS) is 13.8. The van der Waals surface area contributed by atoms with E-state index in [4.69, 9.17) is 4.74 Å². The molecule has 0 aromatic carbocycles. The Hall–Kier alpha value is -1.40. The first-order valence-corrected chi connectivity index (χ1v) is 8.70. The maximum Gasteiger partial charge on any atom is 0.341 e. The highest BCUT2D eigenvalue weighted by molar-refractivity contribution is 7.17. The smallest absolute Gasteiger partial charge is 0.341 e. The molecule has 5 nitrogen and oxygen atoms in total. The number of hydrogen-bond acceptors (Lipinski definition) is 5. The topological polar surface area (TPSA) is 67.4 Å². The summed E-state index contributed by atoms with van der Waals surface area (Å²) in [4.78, 5) is 25.6. The van der Waals surface area contributed by atoms with Crippen LogP contribution in [-0.2, 0) is 22.4 Å². The van der Waals surface area contributed by atoms with E-state index in [2.05, 4.69) is 10.6 Å². The van der Waals surface area contributed by atoms with Gasteiger partial charge in [0.25, 0.3) is 0 Å². The fraction of sp³-hybridized carbons (Fsp3) is 0.625. The number of aryl methyl sites for hydroxylation is 1. The van der Waals surface area contributed by atoms with E-state index >= 15 is 0 Å². The lowest BCUT2D eigenvalue weighted by molar-refractivity contribution is -0.115. The van der Waals surface area contributed by atoms with Crippen LogP contribution < -0.4 is 10.6 Å². The predicted octanol–water partition coefficient (Wildman–Crippen LogP) is 2.74. The molecule has 2 rings (SSSR count). The summed E-state index contributed by atoms with van der Waals surface area (Å²) in [5.74, 6) is -0.452. The Morgan fingerprint density at radius 1 is 1.27 bits per heavy atom. The van der Waals surface area contributed by atoms with Crippen molar-refractivity contribution in [1.82, 2.24) is 5.32 Å². The van der Waals surface area contributed by atoms with Gasteiger partial charge in [-0.15, -0.1) is 11.3 Å². The van der Waals surface area contributed by atoms with Gasteiger partial charge < -0.3 is 15.4 Å². The number of nitrogens with one attached hydrogen (secondary N) is 2. The maximum absolute atomic E-state index is 12.4. The van der Waals surface area contributed by atoms with Gasteiger partial charge >= 0.3 is 5.97 Å². The van der Waals surface area contributed by atoms with Crippen molar-refractivity contribution in [3.63, 3.8) is 0 Å². The Morgan fingerprint density at radius 2 is 2.00 bits per heavy atom. The van der Waals surface area contributed by atoms with Crippen molar-refractivity contribution in [2.75, 3.05) is 18.4 Å². The number of esters is 1. The van der Waals surface area contributed by atoms with Gasteiger partial charge in [0.05, 0.1) is 18.2 Å². The number of hydrogen-bond donors (Lipinski definition) is 2. The number of likely N-dealkylation sites (N-methyl/N-ethyl adjacent to an activating group) is 1. The fourth-order valence-electron chi connectivity index (χ4n) is 2.55. The summed E-state index contributed by atoms with van der Waals surface area (Å²) in [6.45, 7) is 6.59. The Kier molecular flexibility index (Phi) is 5.97. The van der Waals surface area contributed by atoms with Crippen molar-refractivity contribution >= 4 is 28.2 Å². The molecule has 1 aliphatic rings. The van der Waals surface area contributed by atoms with Crippen molar-refractivity contribution in [2.24, 2.45) is 0 Å². The first-order valence-electron chi connectivity index (χ1n) is 7.89. The summed E-state index contributed by atoms with van der Waals surface area (Å²) in [6.07, 6.45) is 3.91. The number of fused-ring (bicyclic) bond motifs is 1. The first-order chi connectivity index (χ1) is 10.5. The molecule has 1 aromatic rings. The van der Waals surface area contributed by atoms with Crippen LogP contribution in [0.3, 0.4) is 0 Å². The number of carbonyl (C=O) groups is 2. The molecule has 22 heavy (non-hydrogen) atoms. The Balaban J connectivity index is 2.25. The molecule has 0 saturated carbocycles. The van der Waals surface area contributed by atoms with Crippen molar-refractivity contribution in [3.05, 3.63) is 16.0 Å². The van der Waals surface area contributed by atoms with Crippen LogP contribution in [0.25, 0.3) is 0 Å². The SMILES string of the molecule is CCNCC(=O)Nc1sc2c(c1C(=O)OC(C)C)CCCC2. The minimum absolute atomic E-state index is 0.126. The summed E-state index contributed by atoms with van der Waals surface area (Å²) in [5.41, 5.74) is 1.64. The molecule has 1 amide bonds. The van der Waals surface area contributed by atoms with E-state index in [1.807, 2.05) is 20.8 Å². The monoisotopic (exact) mass is 324 g/mol. The molecule has 1 aromatic heterocycles. The van der Waals surface area contributed by atoms with Crippen LogP contribution >= 0.6 is 11.3 Å². The van der Waals surface area contributed by atoms with Gasteiger partial charge in [0, 0.05) is 4.88 Å². The van der Waals surface area contributed by atoms with E-state index in [0.717, 1.165) is 37.8 Å². The minimum atomic E-state index is -0.326. The van der Waals surface area contributed by atoms with Crippen LogP contribution in [0, 0.1) is 0 Å². The zero-order chi connectivity index (χ0) is 16.1. The third-order valence-electron chi connectivity index (χ3n) is 3.51. The number of rotatable bonds is 6. The van der Waals surface area contributed by atoms with E-state index < -0.39 is 0 Å². The van der Waals surface area contributed by atoms with E-state index in [1.54, 1.807) is 0 Å². The van der Waals surface area contributed by atoms with E-state index in [0.29, 0.717) is 10.6 Å². The molecular formula is C16H24N2O3S. The van der Waals surface area contributed by atoms with Gasteiger partial charge in [-0.3, -0.25) is 4.79 Å². The molecule has 1 heterocycles. The van der Waals surface area contributed by atoms with Crippen LogP contribution in [0.5, 0.6) is 0 Å². The highest BCUT2D eigenvalue weighted by Crippen LogP contribution is 2.38. The standard InChI is InChI=1S/C16H24N2O3S/c1-4-17-9-13(19)18-15-14(16(20)21-10(2)3)11-7-5-6-8-12(11)22-15/h10,17H,4-9H2,1-3H3,(H,18,19). The van der Waals surface area contributed by atoms with Crippen LogP contribution in [0.15, 0.2) is 0 Å². The van der Waals surface area contributed by atoms with Crippen molar-refractivity contribution < 1.29 is 14.3 Å². The van der Waals surface area contributed by atoms with Crippen molar-refractivity contribution in [2.45, 2.75) is 52.6 Å². The second-order valence-corrected chi connectivity index (χ2v) is 6.80. The molecule has 0 spiro atoms. The molecule has 0 bridgehead atoms. The molecule has 122 valence electrons. The lowest BCUT2D eigenvalue weighted by Gasteiger charge is -2.14. The second-order valence-electron chi connectivity index (χ2n) is 5.70. The van der Waals surface area contributed by atoms with Crippen LogP contribution in [0.2, 0.25) is 0 Å². The van der Waals surface area contributed by atoms with Gasteiger partial charge in [0.2, 0.25) is 5.91 Å². The minimum Gasteiger partial charge on any atom is -0.459 e. The zero-order valence-electron chi connectivity index (χ0n) is 13.5.